The van der Waals surface area contributed by atoms with Gasteiger partial charge in [0.2, 0.25) is 0 Å². The Bertz CT molecular complexity index is 294. The normalized spacial score (nSPS) is 16.7. The molecule has 1 aromatic heterocycles. The number of hydrogen-bond donors (Lipinski definition) is 1. The van der Waals surface area contributed by atoms with E-state index < -0.39 is 0 Å². The van der Waals surface area contributed by atoms with Gasteiger partial charge < -0.3 is 10.2 Å². The van der Waals surface area contributed by atoms with Gasteiger partial charge in [0.25, 0.3) is 5.91 Å². The molecule has 0 spiro atoms. The van der Waals surface area contributed by atoms with Crippen molar-refractivity contribution in [3.05, 3.63) is 16.6 Å². The number of amides is 1. The molecule has 0 radical (unpaired) electrons. The lowest BCUT2D eigenvalue weighted by Gasteiger charge is -2.35. The molecule has 4 nitrogen and oxygen atoms in total. The van der Waals surface area contributed by atoms with E-state index in [-0.39, 0.29) is 5.91 Å². The van der Waals surface area contributed by atoms with Crippen LogP contribution in [0.2, 0.25) is 0 Å². The van der Waals surface area contributed by atoms with Gasteiger partial charge in [-0.25, -0.2) is 4.98 Å². The molecule has 1 amide bonds. The van der Waals surface area contributed by atoms with Crippen LogP contribution in [0.1, 0.15) is 10.5 Å². The molecule has 1 aliphatic heterocycles. The maximum absolute atomic E-state index is 11.7. The van der Waals surface area contributed by atoms with Crippen molar-refractivity contribution in [2.75, 3.05) is 20.1 Å². The van der Waals surface area contributed by atoms with Crippen LogP contribution in [-0.4, -0.2) is 42.0 Å². The molecule has 1 N–H and O–H groups in total. The Kier molecular flexibility index (Phi) is 2.28. The van der Waals surface area contributed by atoms with Gasteiger partial charge in [0.05, 0.1) is 11.6 Å². The van der Waals surface area contributed by atoms with Gasteiger partial charge in [-0.2, -0.15) is 0 Å². The van der Waals surface area contributed by atoms with Crippen molar-refractivity contribution < 1.29 is 4.79 Å². The maximum Gasteiger partial charge on any atom is 0.273 e. The van der Waals surface area contributed by atoms with Crippen molar-refractivity contribution in [1.29, 1.82) is 0 Å². The summed E-state index contributed by atoms with van der Waals surface area (Å²) < 4.78 is 0. The summed E-state index contributed by atoms with van der Waals surface area (Å²) in [7, 11) is 1.83. The molecule has 0 saturated carbocycles. The lowest BCUT2D eigenvalue weighted by molar-refractivity contribution is 0.0676. The van der Waals surface area contributed by atoms with Gasteiger partial charge in [0.1, 0.15) is 5.69 Å². The molecule has 1 aromatic rings. The van der Waals surface area contributed by atoms with E-state index >= 15 is 0 Å². The first kappa shape index (κ1) is 8.65. The van der Waals surface area contributed by atoms with Gasteiger partial charge >= 0.3 is 0 Å². The molecule has 1 fully saturated rings. The van der Waals surface area contributed by atoms with E-state index in [1.807, 2.05) is 7.05 Å². The highest BCUT2D eigenvalue weighted by molar-refractivity contribution is 7.07. The molecular weight excluding hydrogens is 186 g/mol. The zero-order valence-corrected chi connectivity index (χ0v) is 8.17. The lowest BCUT2D eigenvalue weighted by Crippen LogP contribution is -2.57. The summed E-state index contributed by atoms with van der Waals surface area (Å²) in [6.07, 6.45) is 0. The number of aromatic nitrogens is 1. The topological polar surface area (TPSA) is 45.2 Å². The molecule has 13 heavy (non-hydrogen) atoms. The summed E-state index contributed by atoms with van der Waals surface area (Å²) in [5.74, 6) is 0.0211. The summed E-state index contributed by atoms with van der Waals surface area (Å²) in [6.45, 7) is 1.79. The fourth-order valence-corrected chi connectivity index (χ4v) is 1.74. The molecule has 1 aliphatic rings. The smallest absolute Gasteiger partial charge is 0.273 e. The van der Waals surface area contributed by atoms with Crippen molar-refractivity contribution in [1.82, 2.24) is 15.2 Å². The minimum absolute atomic E-state index is 0.0211. The number of hydrogen-bond acceptors (Lipinski definition) is 4. The Morgan fingerprint density at radius 3 is 3.00 bits per heavy atom. The van der Waals surface area contributed by atoms with E-state index in [1.165, 1.54) is 11.3 Å². The largest absolute Gasteiger partial charge is 0.335 e. The number of nitrogens with one attached hydrogen (secondary N) is 1. The zero-order valence-electron chi connectivity index (χ0n) is 7.36. The van der Waals surface area contributed by atoms with Crippen LogP contribution in [0.15, 0.2) is 10.9 Å². The third kappa shape index (κ3) is 1.57. The maximum atomic E-state index is 11.7. The first-order valence-corrected chi connectivity index (χ1v) is 5.09. The number of rotatable bonds is 2. The van der Waals surface area contributed by atoms with E-state index in [2.05, 4.69) is 10.3 Å². The van der Waals surface area contributed by atoms with Crippen molar-refractivity contribution in [2.45, 2.75) is 6.04 Å². The lowest BCUT2D eigenvalue weighted by atomic mass is 10.1. The second kappa shape index (κ2) is 3.43. The SMILES string of the molecule is CN(C(=O)c1cscn1)C1CNC1. The minimum Gasteiger partial charge on any atom is -0.335 e. The third-order valence-corrected chi connectivity index (χ3v) is 2.87. The zero-order chi connectivity index (χ0) is 9.26. The van der Waals surface area contributed by atoms with E-state index in [1.54, 1.807) is 15.8 Å². The standard InChI is InChI=1S/C8H11N3OS/c1-11(6-2-9-3-6)8(12)7-4-13-5-10-7/h4-6,9H,2-3H2,1H3. The molecule has 1 saturated heterocycles. The van der Waals surface area contributed by atoms with E-state index in [9.17, 15) is 4.79 Å². The Morgan fingerprint density at radius 1 is 1.77 bits per heavy atom. The summed E-state index contributed by atoms with van der Waals surface area (Å²) in [6, 6.07) is 0.342. The summed E-state index contributed by atoms with van der Waals surface area (Å²) in [5.41, 5.74) is 2.24. The van der Waals surface area contributed by atoms with E-state index in [0.29, 0.717) is 11.7 Å². The van der Waals surface area contributed by atoms with Gasteiger partial charge in [-0.1, -0.05) is 0 Å². The minimum atomic E-state index is 0.0211. The highest BCUT2D eigenvalue weighted by Gasteiger charge is 2.26. The Morgan fingerprint density at radius 2 is 2.54 bits per heavy atom. The molecule has 70 valence electrons. The number of likely N-dealkylation sites (N-methyl/N-ethyl adjacent to an activating group) is 1. The molecule has 5 heteroatoms. The highest BCUT2D eigenvalue weighted by atomic mass is 32.1. The van der Waals surface area contributed by atoms with Crippen LogP contribution >= 0.6 is 11.3 Å². The molecule has 0 aromatic carbocycles. The van der Waals surface area contributed by atoms with Crippen LogP contribution in [0.25, 0.3) is 0 Å². The average Bonchev–Trinajstić information content (AvgIpc) is 2.51. The number of nitrogens with zero attached hydrogens (tertiary/aromatic N) is 2. The predicted molar refractivity (Wildman–Crippen MR) is 50.9 cm³/mol. The first-order valence-electron chi connectivity index (χ1n) is 4.15. The van der Waals surface area contributed by atoms with Crippen molar-refractivity contribution >= 4 is 17.2 Å². The molecule has 2 heterocycles. The average molecular weight is 197 g/mol. The number of carbonyl (C=O) groups is 1. The molecule has 0 atom stereocenters. The van der Waals surface area contributed by atoms with Gasteiger partial charge in [0, 0.05) is 25.5 Å². The van der Waals surface area contributed by atoms with Gasteiger partial charge in [-0.15, -0.1) is 11.3 Å². The second-order valence-electron chi connectivity index (χ2n) is 3.10. The van der Waals surface area contributed by atoms with E-state index in [4.69, 9.17) is 0 Å². The molecular formula is C8H11N3OS. The van der Waals surface area contributed by atoms with Crippen molar-refractivity contribution in [3.8, 4) is 0 Å². The fourth-order valence-electron chi connectivity index (χ4n) is 1.21. The monoisotopic (exact) mass is 197 g/mol. The highest BCUT2D eigenvalue weighted by Crippen LogP contribution is 2.09. The Hall–Kier alpha value is -0.940. The third-order valence-electron chi connectivity index (χ3n) is 2.28. The fraction of sp³-hybridized carbons (Fsp3) is 0.500. The molecule has 0 unspecified atom stereocenters. The summed E-state index contributed by atoms with van der Waals surface area (Å²) in [5, 5.41) is 4.91. The molecule has 2 rings (SSSR count). The van der Waals surface area contributed by atoms with Crippen molar-refractivity contribution in [2.24, 2.45) is 0 Å². The Balaban J connectivity index is 2.04. The quantitative estimate of drug-likeness (QED) is 0.736. The van der Waals surface area contributed by atoms with Gasteiger partial charge in [-0.05, 0) is 0 Å². The summed E-state index contributed by atoms with van der Waals surface area (Å²) >= 11 is 1.45. The predicted octanol–water partition coefficient (Wildman–Crippen LogP) is 0.187. The Labute approximate surface area is 80.6 Å². The molecule has 0 aliphatic carbocycles. The van der Waals surface area contributed by atoms with Crippen LogP contribution in [0.5, 0.6) is 0 Å². The number of thiazole rings is 1. The number of carbonyl (C=O) groups excluding carboxylic acids is 1. The van der Waals surface area contributed by atoms with Crippen LogP contribution in [0, 0.1) is 0 Å². The van der Waals surface area contributed by atoms with Crippen LogP contribution in [0.4, 0.5) is 0 Å². The first-order chi connectivity index (χ1) is 6.29. The van der Waals surface area contributed by atoms with Crippen LogP contribution < -0.4 is 5.32 Å². The second-order valence-corrected chi connectivity index (χ2v) is 3.82. The molecule has 0 bridgehead atoms. The van der Waals surface area contributed by atoms with Crippen LogP contribution in [0.3, 0.4) is 0 Å². The van der Waals surface area contributed by atoms with Gasteiger partial charge in [0.15, 0.2) is 0 Å². The van der Waals surface area contributed by atoms with Crippen LogP contribution in [-0.2, 0) is 0 Å². The van der Waals surface area contributed by atoms with Crippen molar-refractivity contribution in [3.63, 3.8) is 0 Å². The van der Waals surface area contributed by atoms with E-state index in [0.717, 1.165) is 13.1 Å². The summed E-state index contributed by atoms with van der Waals surface area (Å²) in [4.78, 5) is 17.4. The van der Waals surface area contributed by atoms with Gasteiger partial charge in [-0.3, -0.25) is 4.79 Å².